The number of fused-ring (bicyclic) bond motifs is 1. The van der Waals surface area contributed by atoms with Crippen molar-refractivity contribution in [2.75, 3.05) is 17.7 Å². The highest BCUT2D eigenvalue weighted by Crippen LogP contribution is 2.32. The molecule has 1 aromatic carbocycles. The van der Waals surface area contributed by atoms with Gasteiger partial charge in [-0.25, -0.2) is 9.78 Å². The van der Waals surface area contributed by atoms with Crippen molar-refractivity contribution in [1.29, 1.82) is 0 Å². The average molecular weight is 475 g/mol. The second-order valence-corrected chi connectivity index (χ2v) is 8.51. The fourth-order valence-electron chi connectivity index (χ4n) is 4.07. The van der Waals surface area contributed by atoms with Crippen molar-refractivity contribution in [3.63, 3.8) is 0 Å². The molecule has 0 unspecified atom stereocenters. The Balaban J connectivity index is 1.55. The number of benzene rings is 1. The van der Waals surface area contributed by atoms with Gasteiger partial charge in [0.15, 0.2) is 5.69 Å². The third-order valence-corrected chi connectivity index (χ3v) is 5.92. The molecule has 0 aliphatic heterocycles. The summed E-state index contributed by atoms with van der Waals surface area (Å²) in [6, 6.07) is 13.8. The number of carbonyl (C=O) groups excluding carboxylic acids is 2. The summed E-state index contributed by atoms with van der Waals surface area (Å²) in [7, 11) is 3.06. The first-order valence-corrected chi connectivity index (χ1v) is 11.6. The van der Waals surface area contributed by atoms with Crippen LogP contribution in [0.1, 0.15) is 35.8 Å². The normalized spacial score (nSPS) is 11.9. The Bertz CT molecular complexity index is 1300. The molecule has 1 amide bonds. The zero-order valence-electron chi connectivity index (χ0n) is 20.2. The molecular formula is C26H30N6O3. The molecule has 4 rings (SSSR count). The molecule has 9 nitrogen and oxygen atoms in total. The minimum atomic E-state index is -0.536. The molecule has 0 radical (unpaired) electrons. The standard InChI is InChI=1S/C26H30N6O3/c1-18(12-15-32-14-7-13-28-32)29-20-16-21-23(24(26(34)35-3)31(2)25(21)27-17-20)30-22(33)11-10-19-8-5-4-6-9-19/h4-9,13-14,16-18,29H,10-12,15H2,1-3H3,(H,30,33)/t18-/m0/s1. The highest BCUT2D eigenvalue weighted by atomic mass is 16.5. The number of anilines is 2. The molecule has 0 bridgehead atoms. The van der Waals surface area contributed by atoms with E-state index in [1.54, 1.807) is 24.0 Å². The number of methoxy groups -OCH3 is 1. The van der Waals surface area contributed by atoms with E-state index in [9.17, 15) is 9.59 Å². The van der Waals surface area contributed by atoms with E-state index in [4.69, 9.17) is 4.74 Å². The maximum Gasteiger partial charge on any atom is 0.356 e. The highest BCUT2D eigenvalue weighted by molar-refractivity contribution is 6.11. The lowest BCUT2D eigenvalue weighted by molar-refractivity contribution is -0.116. The van der Waals surface area contributed by atoms with E-state index < -0.39 is 5.97 Å². The Labute approximate surface area is 204 Å². The van der Waals surface area contributed by atoms with E-state index >= 15 is 0 Å². The monoisotopic (exact) mass is 474 g/mol. The van der Waals surface area contributed by atoms with Crippen LogP contribution >= 0.6 is 0 Å². The Morgan fingerprint density at radius 2 is 1.97 bits per heavy atom. The van der Waals surface area contributed by atoms with Gasteiger partial charge in [-0.2, -0.15) is 5.10 Å². The summed E-state index contributed by atoms with van der Waals surface area (Å²) in [5.74, 6) is -0.719. The number of aromatic nitrogens is 4. The second kappa shape index (κ2) is 10.9. The third-order valence-electron chi connectivity index (χ3n) is 5.92. The van der Waals surface area contributed by atoms with E-state index in [1.807, 2.05) is 53.3 Å². The molecule has 0 aliphatic carbocycles. The zero-order chi connectivity index (χ0) is 24.8. The van der Waals surface area contributed by atoms with Crippen LogP contribution < -0.4 is 10.6 Å². The first-order valence-electron chi connectivity index (χ1n) is 11.6. The van der Waals surface area contributed by atoms with Crippen molar-refractivity contribution in [3.8, 4) is 0 Å². The van der Waals surface area contributed by atoms with Gasteiger partial charge in [-0.15, -0.1) is 0 Å². The van der Waals surface area contributed by atoms with Gasteiger partial charge < -0.3 is 19.9 Å². The van der Waals surface area contributed by atoms with Gasteiger partial charge in [0.1, 0.15) is 5.65 Å². The van der Waals surface area contributed by atoms with Crippen LogP contribution in [0.25, 0.3) is 11.0 Å². The van der Waals surface area contributed by atoms with E-state index in [0.717, 1.165) is 24.2 Å². The number of esters is 1. The van der Waals surface area contributed by atoms with Crippen LogP contribution in [0.2, 0.25) is 0 Å². The number of ether oxygens (including phenoxy) is 1. The lowest BCUT2D eigenvalue weighted by atomic mass is 10.1. The number of hydrogen-bond donors (Lipinski definition) is 2. The van der Waals surface area contributed by atoms with Crippen LogP contribution in [0, 0.1) is 0 Å². The van der Waals surface area contributed by atoms with Gasteiger partial charge in [-0.05, 0) is 37.5 Å². The molecule has 182 valence electrons. The van der Waals surface area contributed by atoms with Gasteiger partial charge in [-0.1, -0.05) is 30.3 Å². The number of amides is 1. The first-order chi connectivity index (χ1) is 17.0. The Morgan fingerprint density at radius 1 is 1.17 bits per heavy atom. The molecule has 2 N–H and O–H groups in total. The Hall–Kier alpha value is -4.14. The topological polar surface area (TPSA) is 103 Å². The molecule has 0 aliphatic rings. The summed E-state index contributed by atoms with van der Waals surface area (Å²) < 4.78 is 8.54. The second-order valence-electron chi connectivity index (χ2n) is 8.51. The van der Waals surface area contributed by atoms with Crippen molar-refractivity contribution in [3.05, 3.63) is 72.3 Å². The van der Waals surface area contributed by atoms with Gasteiger partial charge >= 0.3 is 5.97 Å². The number of hydrogen-bond acceptors (Lipinski definition) is 6. The minimum absolute atomic E-state index is 0.158. The van der Waals surface area contributed by atoms with Crippen LogP contribution in [0.3, 0.4) is 0 Å². The fourth-order valence-corrected chi connectivity index (χ4v) is 4.07. The lowest BCUT2D eigenvalue weighted by Crippen LogP contribution is -2.18. The van der Waals surface area contributed by atoms with Crippen molar-refractivity contribution < 1.29 is 14.3 Å². The van der Waals surface area contributed by atoms with Crippen molar-refractivity contribution >= 4 is 34.3 Å². The van der Waals surface area contributed by atoms with Gasteiger partial charge in [0.2, 0.25) is 5.91 Å². The summed E-state index contributed by atoms with van der Waals surface area (Å²) in [6.45, 7) is 2.88. The summed E-state index contributed by atoms with van der Waals surface area (Å²) >= 11 is 0. The van der Waals surface area contributed by atoms with Crippen LogP contribution in [0.5, 0.6) is 0 Å². The smallest absolute Gasteiger partial charge is 0.356 e. The van der Waals surface area contributed by atoms with Gasteiger partial charge in [0.25, 0.3) is 0 Å². The highest BCUT2D eigenvalue weighted by Gasteiger charge is 2.24. The van der Waals surface area contributed by atoms with Crippen LogP contribution in [-0.2, 0) is 29.5 Å². The number of aryl methyl sites for hydroxylation is 3. The van der Waals surface area contributed by atoms with Crippen molar-refractivity contribution in [1.82, 2.24) is 19.3 Å². The van der Waals surface area contributed by atoms with Crippen molar-refractivity contribution in [2.45, 2.75) is 38.8 Å². The quantitative estimate of drug-likeness (QED) is 0.337. The van der Waals surface area contributed by atoms with E-state index in [0.29, 0.717) is 23.1 Å². The lowest BCUT2D eigenvalue weighted by Gasteiger charge is -2.15. The van der Waals surface area contributed by atoms with Gasteiger partial charge in [0.05, 0.1) is 24.7 Å². The molecule has 3 heterocycles. The molecule has 4 aromatic rings. The predicted octanol–water partition coefficient (Wildman–Crippen LogP) is 4.02. The molecule has 1 atom stereocenters. The summed E-state index contributed by atoms with van der Waals surface area (Å²) in [4.78, 5) is 30.0. The molecule has 0 saturated heterocycles. The Kier molecular flexibility index (Phi) is 7.45. The predicted molar refractivity (Wildman–Crippen MR) is 135 cm³/mol. The molecule has 0 spiro atoms. The minimum Gasteiger partial charge on any atom is -0.464 e. The van der Waals surface area contributed by atoms with Crippen molar-refractivity contribution in [2.24, 2.45) is 7.05 Å². The zero-order valence-corrected chi connectivity index (χ0v) is 20.2. The third kappa shape index (κ3) is 5.68. The maximum absolute atomic E-state index is 12.8. The Morgan fingerprint density at radius 3 is 2.69 bits per heavy atom. The fraction of sp³-hybridized carbons (Fsp3) is 0.308. The average Bonchev–Trinajstić information content (AvgIpc) is 3.48. The molecule has 9 heteroatoms. The van der Waals surface area contributed by atoms with Crippen LogP contribution in [0.15, 0.2) is 61.1 Å². The SMILES string of the molecule is COC(=O)c1c(NC(=O)CCc2ccccc2)c2cc(N[C@@H](C)CCn3cccn3)cnc2n1C. The van der Waals surface area contributed by atoms with Crippen LogP contribution in [-0.4, -0.2) is 44.4 Å². The summed E-state index contributed by atoms with van der Waals surface area (Å²) in [5, 5.41) is 11.3. The molecule has 35 heavy (non-hydrogen) atoms. The summed E-state index contributed by atoms with van der Waals surface area (Å²) in [5.41, 5.74) is 3.12. The number of pyridine rings is 1. The summed E-state index contributed by atoms with van der Waals surface area (Å²) in [6.07, 6.45) is 7.19. The molecule has 0 saturated carbocycles. The van der Waals surface area contributed by atoms with E-state index in [1.165, 1.54) is 7.11 Å². The van der Waals surface area contributed by atoms with Gasteiger partial charge in [0, 0.05) is 43.8 Å². The number of nitrogens with one attached hydrogen (secondary N) is 2. The number of nitrogens with zero attached hydrogens (tertiary/aromatic N) is 4. The van der Waals surface area contributed by atoms with E-state index in [-0.39, 0.29) is 24.1 Å². The van der Waals surface area contributed by atoms with Gasteiger partial charge in [-0.3, -0.25) is 9.48 Å². The first kappa shape index (κ1) is 24.0. The molecular weight excluding hydrogens is 444 g/mol. The molecule has 3 aromatic heterocycles. The van der Waals surface area contributed by atoms with E-state index in [2.05, 4.69) is 27.6 Å². The largest absolute Gasteiger partial charge is 0.464 e. The maximum atomic E-state index is 12.8. The number of rotatable bonds is 10. The number of carbonyl (C=O) groups is 2. The van der Waals surface area contributed by atoms with Crippen LogP contribution in [0.4, 0.5) is 11.4 Å². The molecule has 0 fully saturated rings.